The van der Waals surface area contributed by atoms with Crippen molar-refractivity contribution in [3.8, 4) is 39.2 Å². The van der Waals surface area contributed by atoms with Crippen molar-refractivity contribution >= 4 is 46.1 Å². The largest absolute Gasteiger partial charge is 0.309 e. The summed E-state index contributed by atoms with van der Waals surface area (Å²) in [6, 6.07) is 43.4. The smallest absolute Gasteiger partial charge is 0.0964 e. The number of pyridine rings is 3. The maximum atomic E-state index is 4.99. The third-order valence-electron chi connectivity index (χ3n) is 8.69. The minimum absolute atomic E-state index is 0.892. The van der Waals surface area contributed by atoms with E-state index in [2.05, 4.69) is 145 Å². The topological polar surface area (TPSA) is 43.6 Å². The van der Waals surface area contributed by atoms with E-state index in [0.717, 1.165) is 50.2 Å². The Bertz CT molecular complexity index is 2350. The molecule has 0 aliphatic heterocycles. The third-order valence-corrected chi connectivity index (χ3v) is 10.7. The van der Waals surface area contributed by atoms with Crippen LogP contribution in [0.2, 0.25) is 19.6 Å². The molecule has 45 heavy (non-hydrogen) atoms. The zero-order chi connectivity index (χ0) is 30.5. The lowest BCUT2D eigenvalue weighted by Crippen LogP contribution is -2.37. The van der Waals surface area contributed by atoms with Crippen LogP contribution in [0.4, 0.5) is 0 Å². The van der Waals surface area contributed by atoms with E-state index in [1.807, 2.05) is 24.5 Å². The Morgan fingerprint density at radius 3 is 2.16 bits per heavy atom. The third kappa shape index (κ3) is 4.82. The van der Waals surface area contributed by atoms with Crippen LogP contribution in [0.25, 0.3) is 72.0 Å². The van der Waals surface area contributed by atoms with E-state index >= 15 is 0 Å². The summed E-state index contributed by atoms with van der Waals surface area (Å²) in [4.78, 5) is 14.2. The molecule has 0 saturated heterocycles. The van der Waals surface area contributed by atoms with Crippen LogP contribution in [-0.2, 0) is 0 Å². The molecule has 0 fully saturated rings. The van der Waals surface area contributed by atoms with Gasteiger partial charge in [0.1, 0.15) is 0 Å². The van der Waals surface area contributed by atoms with Crippen LogP contribution in [0.15, 0.2) is 140 Å². The highest BCUT2D eigenvalue weighted by molar-refractivity contribution is 6.88. The molecule has 8 aromatic rings. The van der Waals surface area contributed by atoms with E-state index in [9.17, 15) is 0 Å². The summed E-state index contributed by atoms with van der Waals surface area (Å²) < 4.78 is 2.40. The van der Waals surface area contributed by atoms with E-state index in [1.54, 1.807) is 0 Å². The second kappa shape index (κ2) is 10.6. The molecule has 4 aromatic carbocycles. The first kappa shape index (κ1) is 27.2. The molecule has 4 nitrogen and oxygen atoms in total. The lowest BCUT2D eigenvalue weighted by Gasteiger charge is -2.17. The first-order chi connectivity index (χ1) is 21.9. The summed E-state index contributed by atoms with van der Waals surface area (Å²) in [5.74, 6) is 0. The molecule has 8 rings (SSSR count). The Balaban J connectivity index is 1.39. The first-order valence-electron chi connectivity index (χ1n) is 15.4. The van der Waals surface area contributed by atoms with Crippen LogP contribution in [0.3, 0.4) is 0 Å². The summed E-state index contributed by atoms with van der Waals surface area (Å²) >= 11 is 0. The number of hydrogen-bond donors (Lipinski definition) is 0. The minimum Gasteiger partial charge on any atom is -0.309 e. The quantitative estimate of drug-likeness (QED) is 0.186. The van der Waals surface area contributed by atoms with Gasteiger partial charge in [0.15, 0.2) is 0 Å². The molecule has 5 heteroatoms. The standard InChI is InChI=1S/C40H32N4Si/c1-45(2,3)32-16-18-36(43-26-32)30-22-29(27-10-5-4-6-11-27)23-31(24-30)44-38-14-8-7-12-34(38)35-17-15-28(25-39(35)44)33-19-21-41-37-13-9-20-42-40(33)37/h4-26H,1-3H3. The van der Waals surface area contributed by atoms with Crippen molar-refractivity contribution in [2.75, 3.05) is 0 Å². The highest BCUT2D eigenvalue weighted by Gasteiger charge is 2.19. The number of fused-ring (bicyclic) bond motifs is 4. The second-order valence-electron chi connectivity index (χ2n) is 12.6. The summed E-state index contributed by atoms with van der Waals surface area (Å²) in [7, 11) is -1.46. The van der Waals surface area contributed by atoms with Crippen molar-refractivity contribution in [3.05, 3.63) is 140 Å². The average molecular weight is 597 g/mol. The van der Waals surface area contributed by atoms with Crippen molar-refractivity contribution in [2.24, 2.45) is 0 Å². The maximum Gasteiger partial charge on any atom is 0.0964 e. The molecule has 0 unspecified atom stereocenters. The lowest BCUT2D eigenvalue weighted by atomic mass is 10.00. The highest BCUT2D eigenvalue weighted by Crippen LogP contribution is 2.38. The highest BCUT2D eigenvalue weighted by atomic mass is 28.3. The van der Waals surface area contributed by atoms with Crippen molar-refractivity contribution < 1.29 is 0 Å². The van der Waals surface area contributed by atoms with Gasteiger partial charge in [-0.3, -0.25) is 15.0 Å². The number of aromatic nitrogens is 4. The molecule has 0 aliphatic rings. The molecule has 0 saturated carbocycles. The number of hydrogen-bond acceptors (Lipinski definition) is 3. The summed E-state index contributed by atoms with van der Waals surface area (Å²) in [5, 5.41) is 3.80. The Labute approximate surface area is 263 Å². The molecule has 0 spiro atoms. The first-order valence-corrected chi connectivity index (χ1v) is 18.9. The fourth-order valence-corrected chi connectivity index (χ4v) is 7.36. The van der Waals surface area contributed by atoms with E-state index in [4.69, 9.17) is 9.97 Å². The Morgan fingerprint density at radius 1 is 0.533 bits per heavy atom. The number of nitrogens with zero attached hydrogens (tertiary/aromatic N) is 4. The molecule has 4 aromatic heterocycles. The molecule has 0 aliphatic carbocycles. The zero-order valence-electron chi connectivity index (χ0n) is 25.6. The molecule has 4 heterocycles. The van der Waals surface area contributed by atoms with Gasteiger partial charge in [-0.2, -0.15) is 0 Å². The van der Waals surface area contributed by atoms with E-state index in [-0.39, 0.29) is 0 Å². The van der Waals surface area contributed by atoms with Crippen LogP contribution < -0.4 is 5.19 Å². The zero-order valence-corrected chi connectivity index (χ0v) is 26.6. The van der Waals surface area contributed by atoms with Gasteiger partial charge in [0.05, 0.1) is 35.8 Å². The minimum atomic E-state index is -1.46. The van der Waals surface area contributed by atoms with Gasteiger partial charge in [-0.15, -0.1) is 0 Å². The molecule has 0 radical (unpaired) electrons. The van der Waals surface area contributed by atoms with Gasteiger partial charge in [-0.1, -0.05) is 86.4 Å². The fourth-order valence-electron chi connectivity index (χ4n) is 6.32. The normalized spacial score (nSPS) is 11.9. The van der Waals surface area contributed by atoms with E-state index in [0.29, 0.717) is 0 Å². The predicted molar refractivity (Wildman–Crippen MR) is 191 cm³/mol. The average Bonchev–Trinajstić information content (AvgIpc) is 3.41. The van der Waals surface area contributed by atoms with Gasteiger partial charge in [0.2, 0.25) is 0 Å². The van der Waals surface area contributed by atoms with Crippen molar-refractivity contribution in [1.29, 1.82) is 0 Å². The summed E-state index contributed by atoms with van der Waals surface area (Å²) in [6.07, 6.45) is 5.79. The van der Waals surface area contributed by atoms with Crippen LogP contribution in [0.1, 0.15) is 0 Å². The van der Waals surface area contributed by atoms with Crippen molar-refractivity contribution in [3.63, 3.8) is 0 Å². The van der Waals surface area contributed by atoms with Crippen LogP contribution in [-0.4, -0.2) is 27.6 Å². The van der Waals surface area contributed by atoms with Gasteiger partial charge in [-0.05, 0) is 76.5 Å². The molecule has 0 atom stereocenters. The van der Waals surface area contributed by atoms with Crippen molar-refractivity contribution in [1.82, 2.24) is 19.5 Å². The molecule has 0 amide bonds. The maximum absolute atomic E-state index is 4.99. The predicted octanol–water partition coefficient (Wildman–Crippen LogP) is 9.67. The van der Waals surface area contributed by atoms with Gasteiger partial charge >= 0.3 is 0 Å². The number of rotatable bonds is 5. The lowest BCUT2D eigenvalue weighted by molar-refractivity contribution is 1.18. The van der Waals surface area contributed by atoms with Crippen LogP contribution in [0.5, 0.6) is 0 Å². The molecular weight excluding hydrogens is 565 g/mol. The van der Waals surface area contributed by atoms with Crippen molar-refractivity contribution in [2.45, 2.75) is 19.6 Å². The number of para-hydroxylation sites is 1. The van der Waals surface area contributed by atoms with Gasteiger partial charge in [0, 0.05) is 46.2 Å². The van der Waals surface area contributed by atoms with Gasteiger partial charge < -0.3 is 4.57 Å². The monoisotopic (exact) mass is 596 g/mol. The Kier molecular flexibility index (Phi) is 6.43. The molecule has 216 valence electrons. The Hall–Kier alpha value is -5.39. The van der Waals surface area contributed by atoms with Crippen LogP contribution in [0, 0.1) is 0 Å². The number of benzene rings is 4. The van der Waals surface area contributed by atoms with E-state index < -0.39 is 8.07 Å². The Morgan fingerprint density at radius 2 is 1.33 bits per heavy atom. The fraction of sp³-hybridized carbons (Fsp3) is 0.0750. The van der Waals surface area contributed by atoms with Gasteiger partial charge in [0.25, 0.3) is 0 Å². The summed E-state index contributed by atoms with van der Waals surface area (Å²) in [6.45, 7) is 7.08. The molecular formula is C40H32N4Si. The molecule has 0 N–H and O–H groups in total. The SMILES string of the molecule is C[Si](C)(C)c1ccc(-c2cc(-c3ccccc3)cc(-n3c4ccccc4c4ccc(-c5ccnc6cccnc56)cc43)c2)nc1. The van der Waals surface area contributed by atoms with Crippen LogP contribution >= 0.6 is 0 Å². The summed E-state index contributed by atoms with van der Waals surface area (Å²) in [5.41, 5.74) is 11.8. The second-order valence-corrected chi connectivity index (χ2v) is 17.7. The van der Waals surface area contributed by atoms with Gasteiger partial charge in [-0.25, -0.2) is 0 Å². The molecule has 0 bridgehead atoms. The van der Waals surface area contributed by atoms with E-state index in [1.165, 1.54) is 27.0 Å².